The molecule has 3 aromatic rings. The lowest BCUT2D eigenvalue weighted by atomic mass is 10.1. The van der Waals surface area contributed by atoms with Crippen LogP contribution in [0.3, 0.4) is 0 Å². The highest BCUT2D eigenvalue weighted by Gasteiger charge is 2.40. The first-order chi connectivity index (χ1) is 17.0. The van der Waals surface area contributed by atoms with Crippen LogP contribution in [0.5, 0.6) is 0 Å². The van der Waals surface area contributed by atoms with Crippen molar-refractivity contribution in [1.82, 2.24) is 5.32 Å². The Morgan fingerprint density at radius 3 is 2.37 bits per heavy atom. The van der Waals surface area contributed by atoms with Gasteiger partial charge in [0, 0.05) is 12.2 Å². The quantitative estimate of drug-likeness (QED) is 0.381. The molecule has 1 N–H and O–H groups in total. The summed E-state index contributed by atoms with van der Waals surface area (Å²) in [6.45, 7) is 2.31. The first kappa shape index (κ1) is 24.2. The van der Waals surface area contributed by atoms with Crippen molar-refractivity contribution < 1.29 is 14.0 Å². The van der Waals surface area contributed by atoms with Gasteiger partial charge in [0.15, 0.2) is 0 Å². The van der Waals surface area contributed by atoms with Crippen molar-refractivity contribution in [3.8, 4) is 6.07 Å². The standard InChI is InChI=1S/C28H24FN3O2S/c1-19-7-13-23(14-8-19)32-27(34)25(17-21-9-11-22(29)12-10-21)35-28(32)24(18-30)26(33)31-16-15-20-5-3-2-4-6-20/h2-14,25H,15-17H2,1H3,(H,31,33)/b28-24+/t25-/m0/s1. The van der Waals surface area contributed by atoms with Crippen molar-refractivity contribution in [2.45, 2.75) is 25.0 Å². The summed E-state index contributed by atoms with van der Waals surface area (Å²) in [5, 5.41) is 12.5. The van der Waals surface area contributed by atoms with Crippen LogP contribution in [0, 0.1) is 24.1 Å². The Morgan fingerprint density at radius 1 is 1.03 bits per heavy atom. The number of anilines is 1. The molecular weight excluding hydrogens is 461 g/mol. The summed E-state index contributed by atoms with van der Waals surface area (Å²) in [5.74, 6) is -1.08. The summed E-state index contributed by atoms with van der Waals surface area (Å²) in [4.78, 5) is 27.9. The molecule has 176 valence electrons. The van der Waals surface area contributed by atoms with Crippen LogP contribution in [0.25, 0.3) is 0 Å². The molecule has 1 heterocycles. The molecule has 2 amide bonds. The Kier molecular flexibility index (Phi) is 7.64. The molecule has 0 aliphatic carbocycles. The summed E-state index contributed by atoms with van der Waals surface area (Å²) in [6.07, 6.45) is 0.978. The number of hydrogen-bond acceptors (Lipinski definition) is 4. The van der Waals surface area contributed by atoms with Gasteiger partial charge in [0.05, 0.1) is 5.25 Å². The predicted octanol–water partition coefficient (Wildman–Crippen LogP) is 4.92. The summed E-state index contributed by atoms with van der Waals surface area (Å²) >= 11 is 1.19. The maximum Gasteiger partial charge on any atom is 0.264 e. The molecule has 5 nitrogen and oxygen atoms in total. The van der Waals surface area contributed by atoms with Crippen molar-refractivity contribution in [2.24, 2.45) is 0 Å². The molecule has 35 heavy (non-hydrogen) atoms. The minimum atomic E-state index is -0.544. The highest BCUT2D eigenvalue weighted by atomic mass is 32.2. The van der Waals surface area contributed by atoms with Crippen molar-refractivity contribution in [1.29, 1.82) is 5.26 Å². The lowest BCUT2D eigenvalue weighted by molar-refractivity contribution is -0.117. The molecule has 0 saturated carbocycles. The Labute approximate surface area is 208 Å². The molecule has 3 aromatic carbocycles. The maximum absolute atomic E-state index is 13.5. The maximum atomic E-state index is 13.5. The van der Waals surface area contributed by atoms with Crippen LogP contribution in [0.4, 0.5) is 10.1 Å². The smallest absolute Gasteiger partial charge is 0.264 e. The van der Waals surface area contributed by atoms with E-state index in [1.807, 2.05) is 55.5 Å². The number of thioether (sulfide) groups is 1. The monoisotopic (exact) mass is 485 g/mol. The van der Waals surface area contributed by atoms with Gasteiger partial charge in [0.25, 0.3) is 5.91 Å². The summed E-state index contributed by atoms with van der Waals surface area (Å²) < 4.78 is 13.3. The highest BCUT2D eigenvalue weighted by molar-refractivity contribution is 8.05. The lowest BCUT2D eigenvalue weighted by Crippen LogP contribution is -2.32. The molecule has 0 spiro atoms. The van der Waals surface area contributed by atoms with E-state index < -0.39 is 11.2 Å². The number of nitrogens with zero attached hydrogens (tertiary/aromatic N) is 2. The van der Waals surface area contributed by atoms with Crippen LogP contribution in [-0.2, 0) is 22.4 Å². The number of benzene rings is 3. The van der Waals surface area contributed by atoms with E-state index >= 15 is 0 Å². The van der Waals surface area contributed by atoms with E-state index in [9.17, 15) is 19.2 Å². The van der Waals surface area contributed by atoms with Crippen LogP contribution in [0.1, 0.15) is 16.7 Å². The average molecular weight is 486 g/mol. The fraction of sp³-hybridized carbons (Fsp3) is 0.179. The zero-order valence-electron chi connectivity index (χ0n) is 19.2. The second-order valence-corrected chi connectivity index (χ2v) is 9.42. The molecule has 0 aromatic heterocycles. The van der Waals surface area contributed by atoms with Gasteiger partial charge in [-0.3, -0.25) is 14.5 Å². The number of halogens is 1. The third-order valence-electron chi connectivity index (χ3n) is 5.67. The largest absolute Gasteiger partial charge is 0.351 e. The zero-order chi connectivity index (χ0) is 24.8. The first-order valence-corrected chi connectivity index (χ1v) is 12.1. The second-order valence-electron chi connectivity index (χ2n) is 8.23. The Bertz CT molecular complexity index is 1280. The van der Waals surface area contributed by atoms with Gasteiger partial charge in [-0.15, -0.1) is 0 Å². The third-order valence-corrected chi connectivity index (χ3v) is 6.94. The van der Waals surface area contributed by atoms with Crippen LogP contribution in [0.2, 0.25) is 0 Å². The van der Waals surface area contributed by atoms with E-state index in [0.29, 0.717) is 30.1 Å². The minimum Gasteiger partial charge on any atom is -0.351 e. The van der Waals surface area contributed by atoms with Gasteiger partial charge < -0.3 is 5.32 Å². The van der Waals surface area contributed by atoms with Crippen molar-refractivity contribution in [3.05, 3.63) is 112 Å². The molecule has 1 atom stereocenters. The van der Waals surface area contributed by atoms with Gasteiger partial charge in [-0.2, -0.15) is 5.26 Å². The van der Waals surface area contributed by atoms with Crippen LogP contribution >= 0.6 is 11.8 Å². The van der Waals surface area contributed by atoms with Gasteiger partial charge in [0.2, 0.25) is 5.91 Å². The van der Waals surface area contributed by atoms with Gasteiger partial charge in [-0.05, 0) is 55.2 Å². The minimum absolute atomic E-state index is 0.0985. The molecule has 7 heteroatoms. The van der Waals surface area contributed by atoms with Crippen molar-refractivity contribution in [2.75, 3.05) is 11.4 Å². The number of carbonyl (C=O) groups is 2. The highest BCUT2D eigenvalue weighted by Crippen LogP contribution is 2.42. The van der Waals surface area contributed by atoms with E-state index in [-0.39, 0.29) is 17.3 Å². The van der Waals surface area contributed by atoms with E-state index in [1.165, 1.54) is 28.8 Å². The summed E-state index contributed by atoms with van der Waals surface area (Å²) in [5.41, 5.74) is 3.40. The molecular formula is C28H24FN3O2S. The molecule has 4 rings (SSSR count). The average Bonchev–Trinajstić information content (AvgIpc) is 3.17. The molecule has 0 unspecified atom stereocenters. The van der Waals surface area contributed by atoms with E-state index in [0.717, 1.165) is 16.7 Å². The number of aryl methyl sites for hydroxylation is 1. The van der Waals surface area contributed by atoms with Crippen LogP contribution in [-0.4, -0.2) is 23.6 Å². The SMILES string of the molecule is Cc1ccc(N2C(=O)[C@H](Cc3ccc(F)cc3)S/C2=C(\C#N)C(=O)NCCc2ccccc2)cc1. The first-order valence-electron chi connectivity index (χ1n) is 11.2. The molecule has 0 bridgehead atoms. The van der Waals surface area contributed by atoms with Crippen molar-refractivity contribution in [3.63, 3.8) is 0 Å². The normalized spacial score (nSPS) is 16.7. The second kappa shape index (κ2) is 11.0. The fourth-order valence-corrected chi connectivity index (χ4v) is 5.11. The van der Waals surface area contributed by atoms with E-state index in [1.54, 1.807) is 24.3 Å². The van der Waals surface area contributed by atoms with E-state index in [2.05, 4.69) is 5.32 Å². The van der Waals surface area contributed by atoms with Crippen LogP contribution < -0.4 is 10.2 Å². The van der Waals surface area contributed by atoms with Gasteiger partial charge in [0.1, 0.15) is 22.5 Å². The zero-order valence-corrected chi connectivity index (χ0v) is 20.0. The van der Waals surface area contributed by atoms with Crippen LogP contribution in [0.15, 0.2) is 89.5 Å². The molecule has 0 radical (unpaired) electrons. The van der Waals surface area contributed by atoms with Crippen molar-refractivity contribution >= 4 is 29.3 Å². The van der Waals surface area contributed by atoms with Gasteiger partial charge in [-0.1, -0.05) is 71.9 Å². The number of hydrogen-bond donors (Lipinski definition) is 1. The Morgan fingerprint density at radius 2 is 1.71 bits per heavy atom. The lowest BCUT2D eigenvalue weighted by Gasteiger charge is -2.19. The number of amides is 2. The third kappa shape index (κ3) is 5.79. The topological polar surface area (TPSA) is 73.2 Å². The van der Waals surface area contributed by atoms with Gasteiger partial charge >= 0.3 is 0 Å². The molecule has 1 aliphatic heterocycles. The number of nitrogens with one attached hydrogen (secondary N) is 1. The Balaban J connectivity index is 1.61. The fourth-order valence-electron chi connectivity index (χ4n) is 3.80. The molecule has 1 aliphatic rings. The molecule has 1 fully saturated rings. The van der Waals surface area contributed by atoms with Gasteiger partial charge in [-0.25, -0.2) is 4.39 Å². The predicted molar refractivity (Wildman–Crippen MR) is 136 cm³/mol. The summed E-state index contributed by atoms with van der Waals surface area (Å²) in [6, 6.07) is 25.1. The summed E-state index contributed by atoms with van der Waals surface area (Å²) in [7, 11) is 0. The Hall–Kier alpha value is -3.89. The van der Waals surface area contributed by atoms with E-state index in [4.69, 9.17) is 0 Å². The number of rotatable bonds is 7. The number of nitriles is 1. The number of carbonyl (C=O) groups excluding carboxylic acids is 2. The molecule has 1 saturated heterocycles.